The summed E-state index contributed by atoms with van der Waals surface area (Å²) >= 11 is 0. The molecule has 1 unspecified atom stereocenters. The molecule has 1 atom stereocenters. The Morgan fingerprint density at radius 3 is 2.39 bits per heavy atom. The Hall–Kier alpha value is -3.66. The van der Waals surface area contributed by atoms with Crippen LogP contribution < -0.4 is 5.32 Å². The van der Waals surface area contributed by atoms with Crippen LogP contribution in [0.4, 0.5) is 0 Å². The summed E-state index contributed by atoms with van der Waals surface area (Å²) in [6.45, 7) is 1.88. The van der Waals surface area contributed by atoms with Gasteiger partial charge in [-0.1, -0.05) is 48.5 Å². The van der Waals surface area contributed by atoms with Gasteiger partial charge in [-0.15, -0.1) is 0 Å². The number of rotatable bonds is 3. The summed E-state index contributed by atoms with van der Waals surface area (Å²) < 4.78 is 5.83. The Labute approximate surface area is 161 Å². The smallest absolute Gasteiger partial charge is 0.251 e. The molecule has 136 valence electrons. The number of furan rings is 1. The standard InChI is InChI=1S/C24H17NO3/c1-14(22-13-15-6-2-5-9-21(15)28-22)25-24(27)16-10-11-18-17-7-3-4-8-19(17)23(26)20(18)12-16/h2-14H,1H3,(H,25,27). The van der Waals surface area contributed by atoms with Crippen molar-refractivity contribution < 1.29 is 14.0 Å². The van der Waals surface area contributed by atoms with Gasteiger partial charge in [0.15, 0.2) is 5.78 Å². The summed E-state index contributed by atoms with van der Waals surface area (Å²) in [7, 11) is 0. The molecule has 0 aliphatic heterocycles. The van der Waals surface area contributed by atoms with Crippen LogP contribution in [-0.2, 0) is 0 Å². The molecule has 0 fully saturated rings. The van der Waals surface area contributed by atoms with Crippen LogP contribution in [0.3, 0.4) is 0 Å². The molecule has 1 aromatic heterocycles. The molecular formula is C24H17NO3. The Morgan fingerprint density at radius 1 is 0.857 bits per heavy atom. The average Bonchev–Trinajstić information content (AvgIpc) is 3.28. The summed E-state index contributed by atoms with van der Waals surface area (Å²) in [5, 5.41) is 3.96. The van der Waals surface area contributed by atoms with E-state index in [2.05, 4.69) is 5.32 Å². The monoisotopic (exact) mass is 367 g/mol. The highest BCUT2D eigenvalue weighted by atomic mass is 16.3. The quantitative estimate of drug-likeness (QED) is 0.481. The molecule has 0 bridgehead atoms. The fourth-order valence-electron chi connectivity index (χ4n) is 3.74. The minimum absolute atomic E-state index is 0.0365. The molecule has 4 nitrogen and oxygen atoms in total. The Balaban J connectivity index is 1.41. The lowest BCUT2D eigenvalue weighted by Gasteiger charge is -2.12. The topological polar surface area (TPSA) is 59.3 Å². The third-order valence-electron chi connectivity index (χ3n) is 5.21. The van der Waals surface area contributed by atoms with Crippen LogP contribution in [-0.4, -0.2) is 11.7 Å². The normalized spacial score (nSPS) is 13.2. The van der Waals surface area contributed by atoms with E-state index in [0.29, 0.717) is 22.5 Å². The maximum atomic E-state index is 12.8. The number of ketones is 1. The lowest BCUT2D eigenvalue weighted by molar-refractivity contribution is 0.0935. The number of carbonyl (C=O) groups is 2. The van der Waals surface area contributed by atoms with Gasteiger partial charge in [0.25, 0.3) is 5.91 Å². The van der Waals surface area contributed by atoms with Crippen LogP contribution in [0.2, 0.25) is 0 Å². The van der Waals surface area contributed by atoms with Crippen molar-refractivity contribution in [1.29, 1.82) is 0 Å². The van der Waals surface area contributed by atoms with E-state index < -0.39 is 0 Å². The Morgan fingerprint density at radius 2 is 1.57 bits per heavy atom. The highest BCUT2D eigenvalue weighted by Gasteiger charge is 2.27. The summed E-state index contributed by atoms with van der Waals surface area (Å²) in [6, 6.07) is 22.2. The number of nitrogens with one attached hydrogen (secondary N) is 1. The molecule has 0 spiro atoms. The first-order valence-corrected chi connectivity index (χ1v) is 9.19. The second-order valence-corrected chi connectivity index (χ2v) is 7.02. The number of carbonyl (C=O) groups excluding carboxylic acids is 2. The number of benzene rings is 3. The van der Waals surface area contributed by atoms with E-state index in [4.69, 9.17) is 4.42 Å². The highest BCUT2D eigenvalue weighted by Crippen LogP contribution is 2.36. The molecule has 1 amide bonds. The molecule has 3 aromatic carbocycles. The van der Waals surface area contributed by atoms with Gasteiger partial charge in [0.2, 0.25) is 0 Å². The second kappa shape index (κ2) is 6.20. The van der Waals surface area contributed by atoms with E-state index in [-0.39, 0.29) is 17.7 Å². The van der Waals surface area contributed by atoms with E-state index in [9.17, 15) is 9.59 Å². The Bertz CT molecular complexity index is 1220. The fraction of sp³-hybridized carbons (Fsp3) is 0.0833. The third-order valence-corrected chi connectivity index (χ3v) is 5.21. The van der Waals surface area contributed by atoms with Gasteiger partial charge in [-0.25, -0.2) is 0 Å². The van der Waals surface area contributed by atoms with Crippen molar-refractivity contribution in [2.45, 2.75) is 13.0 Å². The van der Waals surface area contributed by atoms with Crippen LogP contribution in [0, 0.1) is 0 Å². The lowest BCUT2D eigenvalue weighted by Crippen LogP contribution is -2.26. The van der Waals surface area contributed by atoms with Gasteiger partial charge in [-0.05, 0) is 42.3 Å². The molecule has 5 rings (SSSR count). The van der Waals surface area contributed by atoms with Crippen molar-refractivity contribution in [3.8, 4) is 11.1 Å². The summed E-state index contributed by atoms with van der Waals surface area (Å²) in [6.07, 6.45) is 0. The molecule has 1 N–H and O–H groups in total. The Kier molecular flexibility index (Phi) is 3.66. The van der Waals surface area contributed by atoms with Crippen molar-refractivity contribution >= 4 is 22.7 Å². The second-order valence-electron chi connectivity index (χ2n) is 7.02. The van der Waals surface area contributed by atoms with Crippen molar-refractivity contribution in [3.63, 3.8) is 0 Å². The number of para-hydroxylation sites is 1. The molecule has 4 aromatic rings. The number of fused-ring (bicyclic) bond motifs is 4. The van der Waals surface area contributed by atoms with Crippen molar-refractivity contribution in [1.82, 2.24) is 5.32 Å². The highest BCUT2D eigenvalue weighted by molar-refractivity contribution is 6.22. The molecule has 0 saturated carbocycles. The van der Waals surface area contributed by atoms with Crippen LogP contribution in [0.5, 0.6) is 0 Å². The maximum Gasteiger partial charge on any atom is 0.251 e. The molecule has 1 heterocycles. The summed E-state index contributed by atoms with van der Waals surface area (Å²) in [4.78, 5) is 25.4. The SMILES string of the molecule is CC(NC(=O)c1ccc2c(c1)C(=O)c1ccccc1-2)c1cc2ccccc2o1. The van der Waals surface area contributed by atoms with Gasteiger partial charge < -0.3 is 9.73 Å². The van der Waals surface area contributed by atoms with Gasteiger partial charge in [0.1, 0.15) is 11.3 Å². The van der Waals surface area contributed by atoms with E-state index in [1.807, 2.05) is 67.6 Å². The zero-order valence-electron chi connectivity index (χ0n) is 15.2. The first kappa shape index (κ1) is 16.5. The molecule has 1 aliphatic rings. The molecule has 4 heteroatoms. The summed E-state index contributed by atoms with van der Waals surface area (Å²) in [5.41, 5.74) is 4.31. The zero-order valence-corrected chi connectivity index (χ0v) is 15.2. The predicted molar refractivity (Wildman–Crippen MR) is 107 cm³/mol. The molecule has 0 saturated heterocycles. The van der Waals surface area contributed by atoms with Gasteiger partial charge >= 0.3 is 0 Å². The number of amides is 1. The molecular weight excluding hydrogens is 350 g/mol. The molecule has 0 radical (unpaired) electrons. The minimum Gasteiger partial charge on any atom is -0.459 e. The summed E-state index contributed by atoms with van der Waals surface area (Å²) in [5.74, 6) is 0.421. The first-order chi connectivity index (χ1) is 13.6. The van der Waals surface area contributed by atoms with E-state index in [0.717, 1.165) is 22.1 Å². The van der Waals surface area contributed by atoms with E-state index in [1.54, 1.807) is 12.1 Å². The molecule has 1 aliphatic carbocycles. The van der Waals surface area contributed by atoms with Crippen LogP contribution in [0.25, 0.3) is 22.1 Å². The van der Waals surface area contributed by atoms with Crippen LogP contribution >= 0.6 is 0 Å². The number of hydrogen-bond acceptors (Lipinski definition) is 3. The number of hydrogen-bond donors (Lipinski definition) is 1. The van der Waals surface area contributed by atoms with E-state index in [1.165, 1.54) is 0 Å². The lowest BCUT2D eigenvalue weighted by atomic mass is 10.0. The first-order valence-electron chi connectivity index (χ1n) is 9.19. The fourth-order valence-corrected chi connectivity index (χ4v) is 3.74. The minimum atomic E-state index is -0.291. The maximum absolute atomic E-state index is 12.8. The van der Waals surface area contributed by atoms with Crippen molar-refractivity contribution in [3.05, 3.63) is 95.2 Å². The molecule has 28 heavy (non-hydrogen) atoms. The largest absolute Gasteiger partial charge is 0.459 e. The average molecular weight is 367 g/mol. The van der Waals surface area contributed by atoms with Crippen molar-refractivity contribution in [2.24, 2.45) is 0 Å². The predicted octanol–water partition coefficient (Wildman–Crippen LogP) is 5.14. The zero-order chi connectivity index (χ0) is 19.3. The van der Waals surface area contributed by atoms with Gasteiger partial charge in [0.05, 0.1) is 6.04 Å². The third kappa shape index (κ3) is 2.54. The van der Waals surface area contributed by atoms with Crippen LogP contribution in [0.1, 0.15) is 45.0 Å². The van der Waals surface area contributed by atoms with Crippen LogP contribution in [0.15, 0.2) is 77.2 Å². The van der Waals surface area contributed by atoms with Gasteiger partial charge in [-0.2, -0.15) is 0 Å². The van der Waals surface area contributed by atoms with Gasteiger partial charge in [-0.3, -0.25) is 9.59 Å². The van der Waals surface area contributed by atoms with E-state index >= 15 is 0 Å². The van der Waals surface area contributed by atoms with Gasteiger partial charge in [0, 0.05) is 22.1 Å². The van der Waals surface area contributed by atoms with Crippen molar-refractivity contribution in [2.75, 3.05) is 0 Å².